The van der Waals surface area contributed by atoms with Gasteiger partial charge in [-0.15, -0.1) is 0 Å². The molecule has 2 aromatic carbocycles. The fourth-order valence-electron chi connectivity index (χ4n) is 4.34. The van der Waals surface area contributed by atoms with Gasteiger partial charge < -0.3 is 14.4 Å². The van der Waals surface area contributed by atoms with Gasteiger partial charge >= 0.3 is 0 Å². The molecule has 5 heteroatoms. The Morgan fingerprint density at radius 1 is 1.07 bits per heavy atom. The first kappa shape index (κ1) is 19.1. The maximum absolute atomic E-state index is 12.3. The fraction of sp³-hybridized carbons (Fsp3) is 0.360. The largest absolute Gasteiger partial charge is 0.462 e. The molecule has 3 heterocycles. The molecule has 1 fully saturated rings. The van der Waals surface area contributed by atoms with Crippen LogP contribution in [-0.4, -0.2) is 34.7 Å². The number of ether oxygens (including phenoxy) is 2. The normalized spacial score (nSPS) is 17.8. The van der Waals surface area contributed by atoms with Gasteiger partial charge in [-0.05, 0) is 35.4 Å². The number of piperidine rings is 1. The summed E-state index contributed by atoms with van der Waals surface area (Å²) in [6, 6.07) is 16.6. The van der Waals surface area contributed by atoms with Gasteiger partial charge in [0, 0.05) is 49.0 Å². The standard InChI is InChI=1S/C25H26N2O3/c1-17(2)24(28)27-12-9-25(10-13-27)29-16-21-14-19(7-8-23(21)30-25)20-6-5-18-4-3-11-26-22(18)15-20/h3-8,11,14-15,17H,9-10,12-13,16H2,1-2H3. The highest BCUT2D eigenvalue weighted by atomic mass is 16.7. The maximum atomic E-state index is 12.3. The van der Waals surface area contributed by atoms with Gasteiger partial charge in [-0.2, -0.15) is 0 Å². The predicted octanol–water partition coefficient (Wildman–Crippen LogP) is 4.79. The van der Waals surface area contributed by atoms with Crippen LogP contribution in [0, 0.1) is 5.92 Å². The molecule has 30 heavy (non-hydrogen) atoms. The Hall–Kier alpha value is -2.92. The van der Waals surface area contributed by atoms with Crippen LogP contribution >= 0.6 is 0 Å². The highest BCUT2D eigenvalue weighted by molar-refractivity contribution is 5.84. The second-order valence-electron chi connectivity index (χ2n) is 8.51. The van der Waals surface area contributed by atoms with Crippen LogP contribution in [0.5, 0.6) is 5.75 Å². The van der Waals surface area contributed by atoms with Crippen LogP contribution in [0.3, 0.4) is 0 Å². The zero-order valence-electron chi connectivity index (χ0n) is 17.4. The first-order valence-electron chi connectivity index (χ1n) is 10.6. The number of hydrogen-bond acceptors (Lipinski definition) is 4. The van der Waals surface area contributed by atoms with Crippen molar-refractivity contribution in [1.82, 2.24) is 9.88 Å². The number of likely N-dealkylation sites (tertiary alicyclic amines) is 1. The van der Waals surface area contributed by atoms with Crippen molar-refractivity contribution in [3.63, 3.8) is 0 Å². The highest BCUT2D eigenvalue weighted by Crippen LogP contribution is 2.39. The molecule has 0 radical (unpaired) electrons. The van der Waals surface area contributed by atoms with E-state index in [1.54, 1.807) is 0 Å². The molecule has 0 atom stereocenters. The van der Waals surface area contributed by atoms with Crippen molar-refractivity contribution in [3.8, 4) is 16.9 Å². The van der Waals surface area contributed by atoms with Crippen molar-refractivity contribution in [2.75, 3.05) is 13.1 Å². The van der Waals surface area contributed by atoms with Crippen LogP contribution in [0.2, 0.25) is 0 Å². The number of rotatable bonds is 2. The summed E-state index contributed by atoms with van der Waals surface area (Å²) >= 11 is 0. The number of nitrogens with zero attached hydrogens (tertiary/aromatic N) is 2. The van der Waals surface area contributed by atoms with Crippen molar-refractivity contribution >= 4 is 16.8 Å². The van der Waals surface area contributed by atoms with Gasteiger partial charge in [0.15, 0.2) is 0 Å². The third kappa shape index (κ3) is 3.43. The molecule has 2 aliphatic heterocycles. The SMILES string of the molecule is CC(C)C(=O)N1CCC2(CC1)OCc1cc(-c3ccc4cccnc4c3)ccc1O2. The highest BCUT2D eigenvalue weighted by Gasteiger charge is 2.42. The zero-order valence-corrected chi connectivity index (χ0v) is 17.4. The van der Waals surface area contributed by atoms with Gasteiger partial charge in [0.1, 0.15) is 5.75 Å². The molecule has 0 aliphatic carbocycles. The summed E-state index contributed by atoms with van der Waals surface area (Å²) in [6.45, 7) is 5.76. The second-order valence-corrected chi connectivity index (χ2v) is 8.51. The number of carbonyl (C=O) groups excluding carboxylic acids is 1. The lowest BCUT2D eigenvalue weighted by atomic mass is 9.98. The quantitative estimate of drug-likeness (QED) is 0.619. The summed E-state index contributed by atoms with van der Waals surface area (Å²) in [5.41, 5.74) is 4.30. The third-order valence-electron chi connectivity index (χ3n) is 6.12. The summed E-state index contributed by atoms with van der Waals surface area (Å²) in [5, 5.41) is 1.13. The third-order valence-corrected chi connectivity index (χ3v) is 6.12. The second kappa shape index (κ2) is 7.40. The van der Waals surface area contributed by atoms with E-state index in [2.05, 4.69) is 41.4 Å². The lowest BCUT2D eigenvalue weighted by Gasteiger charge is -2.44. The molecule has 0 bridgehead atoms. The molecule has 1 amide bonds. The zero-order chi connectivity index (χ0) is 20.7. The average molecular weight is 402 g/mol. The molecule has 1 spiro atoms. The first-order chi connectivity index (χ1) is 14.5. The van der Waals surface area contributed by atoms with Crippen LogP contribution in [-0.2, 0) is 16.1 Å². The number of pyridine rings is 1. The maximum Gasteiger partial charge on any atom is 0.225 e. The molecule has 1 aromatic heterocycles. The van der Waals surface area contributed by atoms with Crippen LogP contribution in [0.15, 0.2) is 54.7 Å². The summed E-state index contributed by atoms with van der Waals surface area (Å²) in [4.78, 5) is 18.7. The summed E-state index contributed by atoms with van der Waals surface area (Å²) in [6.07, 6.45) is 3.21. The van der Waals surface area contributed by atoms with E-state index in [9.17, 15) is 4.79 Å². The molecule has 5 nitrogen and oxygen atoms in total. The number of amides is 1. The van der Waals surface area contributed by atoms with E-state index in [-0.39, 0.29) is 11.8 Å². The van der Waals surface area contributed by atoms with Gasteiger partial charge in [-0.3, -0.25) is 9.78 Å². The number of hydrogen-bond donors (Lipinski definition) is 0. The lowest BCUT2D eigenvalue weighted by molar-refractivity contribution is -0.228. The lowest BCUT2D eigenvalue weighted by Crippen LogP contribution is -2.53. The average Bonchev–Trinajstić information content (AvgIpc) is 2.78. The van der Waals surface area contributed by atoms with E-state index in [4.69, 9.17) is 9.47 Å². The minimum Gasteiger partial charge on any atom is -0.462 e. The van der Waals surface area contributed by atoms with E-state index in [1.807, 2.05) is 37.1 Å². The van der Waals surface area contributed by atoms with Gasteiger partial charge in [-0.25, -0.2) is 0 Å². The Bertz CT molecular complexity index is 1100. The molecular formula is C25H26N2O3. The summed E-state index contributed by atoms with van der Waals surface area (Å²) < 4.78 is 12.5. The van der Waals surface area contributed by atoms with Gasteiger partial charge in [-0.1, -0.05) is 38.1 Å². The van der Waals surface area contributed by atoms with Gasteiger partial charge in [0.2, 0.25) is 11.7 Å². The molecule has 3 aromatic rings. The van der Waals surface area contributed by atoms with Crippen molar-refractivity contribution in [2.24, 2.45) is 5.92 Å². The predicted molar refractivity (Wildman–Crippen MR) is 116 cm³/mol. The Morgan fingerprint density at radius 3 is 2.63 bits per heavy atom. The Kier molecular flexibility index (Phi) is 4.70. The van der Waals surface area contributed by atoms with Crippen molar-refractivity contribution in [2.45, 2.75) is 39.1 Å². The molecule has 0 saturated carbocycles. The van der Waals surface area contributed by atoms with Gasteiger partial charge in [0.05, 0.1) is 12.1 Å². The summed E-state index contributed by atoms with van der Waals surface area (Å²) in [7, 11) is 0. The van der Waals surface area contributed by atoms with Gasteiger partial charge in [0.25, 0.3) is 0 Å². The Labute approximate surface area is 176 Å². The van der Waals surface area contributed by atoms with E-state index >= 15 is 0 Å². The topological polar surface area (TPSA) is 51.7 Å². The molecule has 2 aliphatic rings. The molecule has 0 N–H and O–H groups in total. The van der Waals surface area contributed by atoms with E-state index in [0.717, 1.165) is 33.3 Å². The minimum atomic E-state index is -0.616. The molecule has 5 rings (SSSR count). The molecule has 0 unspecified atom stereocenters. The number of carbonyl (C=O) groups is 1. The Morgan fingerprint density at radius 2 is 1.83 bits per heavy atom. The number of aromatic nitrogens is 1. The van der Waals surface area contributed by atoms with Crippen LogP contribution in [0.25, 0.3) is 22.0 Å². The monoisotopic (exact) mass is 402 g/mol. The van der Waals surface area contributed by atoms with E-state index < -0.39 is 5.79 Å². The Balaban J connectivity index is 1.34. The van der Waals surface area contributed by atoms with Crippen LogP contribution < -0.4 is 4.74 Å². The first-order valence-corrected chi connectivity index (χ1v) is 10.6. The van der Waals surface area contributed by atoms with Crippen molar-refractivity contribution in [3.05, 3.63) is 60.3 Å². The molecule has 1 saturated heterocycles. The smallest absolute Gasteiger partial charge is 0.225 e. The van der Waals surface area contributed by atoms with Crippen molar-refractivity contribution in [1.29, 1.82) is 0 Å². The number of fused-ring (bicyclic) bond motifs is 2. The fourth-order valence-corrected chi connectivity index (χ4v) is 4.34. The minimum absolute atomic E-state index is 0.0247. The molecule has 154 valence electrons. The summed E-state index contributed by atoms with van der Waals surface area (Å²) in [5.74, 6) is 0.495. The van der Waals surface area contributed by atoms with Crippen LogP contribution in [0.4, 0.5) is 0 Å². The van der Waals surface area contributed by atoms with Crippen molar-refractivity contribution < 1.29 is 14.3 Å². The van der Waals surface area contributed by atoms with E-state index in [1.165, 1.54) is 0 Å². The number of benzene rings is 2. The van der Waals surface area contributed by atoms with Crippen LogP contribution in [0.1, 0.15) is 32.3 Å². The molecular weight excluding hydrogens is 376 g/mol. The van der Waals surface area contributed by atoms with E-state index in [0.29, 0.717) is 32.5 Å².